The van der Waals surface area contributed by atoms with Crippen LogP contribution in [0.1, 0.15) is 5.56 Å². The molecule has 21 heavy (non-hydrogen) atoms. The van der Waals surface area contributed by atoms with Crippen molar-refractivity contribution in [3.05, 3.63) is 50.7 Å². The Morgan fingerprint density at radius 3 is 2.33 bits per heavy atom. The van der Waals surface area contributed by atoms with Crippen LogP contribution in [0.15, 0.2) is 24.3 Å². The number of aromatic hydroxyl groups is 1. The minimum Gasteiger partial charge on any atom is -0.504 e. The summed E-state index contributed by atoms with van der Waals surface area (Å²) in [7, 11) is 1.43. The summed E-state index contributed by atoms with van der Waals surface area (Å²) in [5, 5.41) is 13.2. The first-order chi connectivity index (χ1) is 9.92. The van der Waals surface area contributed by atoms with Gasteiger partial charge in [-0.1, -0.05) is 34.8 Å². The lowest BCUT2D eigenvalue weighted by Gasteiger charge is -2.12. The van der Waals surface area contributed by atoms with Gasteiger partial charge in [0.15, 0.2) is 17.3 Å². The number of ether oxygens (including phenoxy) is 1. The van der Waals surface area contributed by atoms with Gasteiger partial charge < -0.3 is 15.2 Å². The Bertz CT molecular complexity index is 657. The minimum absolute atomic E-state index is 0.0197. The Morgan fingerprint density at radius 1 is 1.14 bits per heavy atom. The molecule has 0 radical (unpaired) electrons. The molecular weight excluding hydrogens is 340 g/mol. The van der Waals surface area contributed by atoms with Crippen LogP contribution in [0.25, 0.3) is 0 Å². The van der Waals surface area contributed by atoms with Crippen LogP contribution in [0.2, 0.25) is 15.1 Å². The van der Waals surface area contributed by atoms with E-state index >= 15 is 0 Å². The standard InChI is InChI=1S/C14H11Cl3FNO2/c1-21-12-3-8(15)2-7(14(12)20)6-19-9-4-10(16)13(18)11(17)5-9/h2-5,19-20H,6H2,1H3. The Labute approximate surface area is 136 Å². The second kappa shape index (κ2) is 6.60. The zero-order valence-corrected chi connectivity index (χ0v) is 13.2. The van der Waals surface area contributed by atoms with Gasteiger partial charge in [0.25, 0.3) is 0 Å². The molecular formula is C14H11Cl3FNO2. The van der Waals surface area contributed by atoms with Crippen LogP contribution in [0.4, 0.5) is 10.1 Å². The van der Waals surface area contributed by atoms with Gasteiger partial charge in [-0.25, -0.2) is 4.39 Å². The number of methoxy groups -OCH3 is 1. The van der Waals surface area contributed by atoms with Gasteiger partial charge in [-0.2, -0.15) is 0 Å². The molecule has 2 rings (SSSR count). The predicted molar refractivity (Wildman–Crippen MR) is 83.4 cm³/mol. The predicted octanol–water partition coefficient (Wildman–Crippen LogP) is 5.11. The summed E-state index contributed by atoms with van der Waals surface area (Å²) in [4.78, 5) is 0. The van der Waals surface area contributed by atoms with Crippen molar-refractivity contribution in [2.24, 2.45) is 0 Å². The van der Waals surface area contributed by atoms with Gasteiger partial charge in [0.05, 0.1) is 17.2 Å². The number of hydrogen-bond donors (Lipinski definition) is 2. The quantitative estimate of drug-likeness (QED) is 0.753. The zero-order valence-electron chi connectivity index (χ0n) is 10.9. The molecule has 0 aliphatic carbocycles. The van der Waals surface area contributed by atoms with E-state index in [0.29, 0.717) is 16.3 Å². The van der Waals surface area contributed by atoms with Crippen molar-refractivity contribution in [1.82, 2.24) is 0 Å². The third-order valence-corrected chi connectivity index (χ3v) is 3.57. The molecule has 0 saturated heterocycles. The smallest absolute Gasteiger partial charge is 0.162 e. The third-order valence-electron chi connectivity index (χ3n) is 2.81. The molecule has 112 valence electrons. The fraction of sp³-hybridized carbons (Fsp3) is 0.143. The lowest BCUT2D eigenvalue weighted by atomic mass is 10.1. The van der Waals surface area contributed by atoms with Crippen molar-refractivity contribution in [3.8, 4) is 11.5 Å². The van der Waals surface area contributed by atoms with Crippen LogP contribution in [0.3, 0.4) is 0 Å². The Hall–Kier alpha value is -1.36. The number of phenolic OH excluding ortho intramolecular Hbond substituents is 1. The minimum atomic E-state index is -0.670. The summed E-state index contributed by atoms with van der Waals surface area (Å²) < 4.78 is 18.3. The largest absolute Gasteiger partial charge is 0.504 e. The van der Waals surface area contributed by atoms with Crippen molar-refractivity contribution in [2.45, 2.75) is 6.54 Å². The lowest BCUT2D eigenvalue weighted by Crippen LogP contribution is -2.01. The molecule has 2 aromatic rings. The average Bonchev–Trinajstić information content (AvgIpc) is 2.45. The zero-order chi connectivity index (χ0) is 15.6. The van der Waals surface area contributed by atoms with Gasteiger partial charge in [-0.15, -0.1) is 0 Å². The van der Waals surface area contributed by atoms with Crippen molar-refractivity contribution in [1.29, 1.82) is 0 Å². The first-order valence-corrected chi connectivity index (χ1v) is 6.99. The van der Waals surface area contributed by atoms with E-state index in [1.807, 2.05) is 0 Å². The second-order valence-electron chi connectivity index (χ2n) is 4.22. The Kier molecular flexibility index (Phi) is 5.04. The first-order valence-electron chi connectivity index (χ1n) is 5.86. The van der Waals surface area contributed by atoms with E-state index in [9.17, 15) is 9.50 Å². The molecule has 0 amide bonds. The summed E-state index contributed by atoms with van der Waals surface area (Å²) >= 11 is 17.4. The second-order valence-corrected chi connectivity index (χ2v) is 5.47. The molecule has 0 unspecified atom stereocenters. The van der Waals surface area contributed by atoms with Crippen molar-refractivity contribution < 1.29 is 14.2 Å². The molecule has 0 aliphatic rings. The third kappa shape index (κ3) is 3.64. The van der Waals surface area contributed by atoms with E-state index in [0.717, 1.165) is 0 Å². The molecule has 0 bridgehead atoms. The fourth-order valence-electron chi connectivity index (χ4n) is 1.77. The van der Waals surface area contributed by atoms with Gasteiger partial charge in [0.1, 0.15) is 0 Å². The first kappa shape index (κ1) is 16.0. The van der Waals surface area contributed by atoms with Crippen LogP contribution in [0, 0.1) is 5.82 Å². The summed E-state index contributed by atoms with van der Waals surface area (Å²) in [6.45, 7) is 0.237. The molecule has 7 heteroatoms. The molecule has 0 aromatic heterocycles. The monoisotopic (exact) mass is 349 g/mol. The van der Waals surface area contributed by atoms with Gasteiger partial charge in [-0.3, -0.25) is 0 Å². The van der Waals surface area contributed by atoms with E-state index in [2.05, 4.69) is 5.32 Å². The molecule has 0 atom stereocenters. The number of benzene rings is 2. The number of halogens is 4. The van der Waals surface area contributed by atoms with Gasteiger partial charge in [0.2, 0.25) is 0 Å². The van der Waals surface area contributed by atoms with Gasteiger partial charge in [0, 0.05) is 28.9 Å². The van der Waals surface area contributed by atoms with E-state index in [1.165, 1.54) is 25.3 Å². The maximum absolute atomic E-state index is 13.3. The number of hydrogen-bond acceptors (Lipinski definition) is 3. The van der Waals surface area contributed by atoms with Crippen LogP contribution in [0.5, 0.6) is 11.5 Å². The van der Waals surface area contributed by atoms with Crippen molar-refractivity contribution in [3.63, 3.8) is 0 Å². The highest BCUT2D eigenvalue weighted by Crippen LogP contribution is 2.34. The molecule has 0 fully saturated rings. The van der Waals surface area contributed by atoms with E-state index in [-0.39, 0.29) is 28.1 Å². The van der Waals surface area contributed by atoms with Gasteiger partial charge in [-0.05, 0) is 18.2 Å². The highest BCUT2D eigenvalue weighted by atomic mass is 35.5. The molecule has 2 aromatic carbocycles. The number of nitrogens with one attached hydrogen (secondary N) is 1. The van der Waals surface area contributed by atoms with E-state index < -0.39 is 5.82 Å². The lowest BCUT2D eigenvalue weighted by molar-refractivity contribution is 0.371. The molecule has 0 spiro atoms. The van der Waals surface area contributed by atoms with Crippen molar-refractivity contribution >= 4 is 40.5 Å². The van der Waals surface area contributed by atoms with E-state index in [1.54, 1.807) is 6.07 Å². The molecule has 3 nitrogen and oxygen atoms in total. The van der Waals surface area contributed by atoms with E-state index in [4.69, 9.17) is 39.5 Å². The molecule has 0 aliphatic heterocycles. The van der Waals surface area contributed by atoms with Crippen LogP contribution >= 0.6 is 34.8 Å². The molecule has 0 heterocycles. The maximum atomic E-state index is 13.3. The summed E-state index contributed by atoms with van der Waals surface area (Å²) in [5.74, 6) is -0.417. The highest BCUT2D eigenvalue weighted by Gasteiger charge is 2.11. The van der Waals surface area contributed by atoms with Crippen molar-refractivity contribution in [2.75, 3.05) is 12.4 Å². The van der Waals surface area contributed by atoms with Crippen LogP contribution in [-0.2, 0) is 6.54 Å². The average molecular weight is 351 g/mol. The van der Waals surface area contributed by atoms with Gasteiger partial charge >= 0.3 is 0 Å². The summed E-state index contributed by atoms with van der Waals surface area (Å²) in [6.07, 6.45) is 0. The summed E-state index contributed by atoms with van der Waals surface area (Å²) in [5.41, 5.74) is 1.04. The maximum Gasteiger partial charge on any atom is 0.162 e. The molecule has 2 N–H and O–H groups in total. The van der Waals surface area contributed by atoms with Crippen LogP contribution < -0.4 is 10.1 Å². The topological polar surface area (TPSA) is 41.5 Å². The summed E-state index contributed by atoms with van der Waals surface area (Å²) in [6, 6.07) is 5.91. The number of phenols is 1. The van der Waals surface area contributed by atoms with Crippen LogP contribution in [-0.4, -0.2) is 12.2 Å². The highest BCUT2D eigenvalue weighted by molar-refractivity contribution is 6.35. The number of rotatable bonds is 4. The Balaban J connectivity index is 2.22. The Morgan fingerprint density at radius 2 is 1.76 bits per heavy atom. The fourth-order valence-corrected chi connectivity index (χ4v) is 2.49. The normalized spacial score (nSPS) is 10.5. The SMILES string of the molecule is COc1cc(Cl)cc(CNc2cc(Cl)c(F)c(Cl)c2)c1O. The number of anilines is 1. The molecule has 0 saturated carbocycles.